The summed E-state index contributed by atoms with van der Waals surface area (Å²) in [6.45, 7) is 2.01. The number of aromatic nitrogens is 1. The molecule has 1 atom stereocenters. The second kappa shape index (κ2) is 6.05. The number of hydrogen-bond acceptors (Lipinski definition) is 2. The molecule has 4 heteroatoms. The van der Waals surface area contributed by atoms with Gasteiger partial charge in [0.1, 0.15) is 6.54 Å². The van der Waals surface area contributed by atoms with Gasteiger partial charge in [-0.05, 0) is 31.9 Å². The zero-order chi connectivity index (χ0) is 13.0. The van der Waals surface area contributed by atoms with Crippen LogP contribution in [0.1, 0.15) is 50.8 Å². The molecule has 0 aromatic carbocycles. The fraction of sp³-hybridized carbons (Fsp3) is 0.643. The third kappa shape index (κ3) is 3.35. The van der Waals surface area contributed by atoms with Gasteiger partial charge in [0.05, 0.1) is 6.10 Å². The van der Waals surface area contributed by atoms with Gasteiger partial charge in [-0.25, -0.2) is 0 Å². The van der Waals surface area contributed by atoms with E-state index in [2.05, 4.69) is 5.32 Å². The minimum absolute atomic E-state index is 0.0417. The van der Waals surface area contributed by atoms with Gasteiger partial charge in [0.25, 0.3) is 0 Å². The van der Waals surface area contributed by atoms with E-state index in [-0.39, 0.29) is 5.91 Å². The van der Waals surface area contributed by atoms with Crippen molar-refractivity contribution in [3.63, 3.8) is 0 Å². The second-order valence-corrected chi connectivity index (χ2v) is 5.14. The summed E-state index contributed by atoms with van der Waals surface area (Å²) in [7, 11) is 0. The van der Waals surface area contributed by atoms with Gasteiger partial charge in [-0.1, -0.05) is 19.3 Å². The number of hydrogen-bond donors (Lipinski definition) is 2. The van der Waals surface area contributed by atoms with Crippen molar-refractivity contribution in [1.82, 2.24) is 9.88 Å². The standard InChI is InChI=1S/C14H22N2O2/c1-11(17)13-8-5-9-16(13)10-14(18)15-12-6-3-2-4-7-12/h5,8-9,11-12,17H,2-4,6-7,10H2,1H3,(H,15,18). The molecule has 0 spiro atoms. The Labute approximate surface area is 108 Å². The number of nitrogens with zero attached hydrogens (tertiary/aromatic N) is 1. The van der Waals surface area contributed by atoms with E-state index in [1.54, 1.807) is 6.92 Å². The van der Waals surface area contributed by atoms with Gasteiger partial charge in [0, 0.05) is 17.9 Å². The van der Waals surface area contributed by atoms with Gasteiger partial charge < -0.3 is 15.0 Å². The maximum Gasteiger partial charge on any atom is 0.240 e. The Morgan fingerprint density at radius 1 is 1.50 bits per heavy atom. The average molecular weight is 250 g/mol. The Morgan fingerprint density at radius 3 is 2.89 bits per heavy atom. The lowest BCUT2D eigenvalue weighted by atomic mass is 9.95. The van der Waals surface area contributed by atoms with E-state index in [0.717, 1.165) is 18.5 Å². The van der Waals surface area contributed by atoms with Crippen LogP contribution >= 0.6 is 0 Å². The first-order valence-electron chi connectivity index (χ1n) is 6.79. The van der Waals surface area contributed by atoms with Gasteiger partial charge in [-0.2, -0.15) is 0 Å². The van der Waals surface area contributed by atoms with Gasteiger partial charge in [0.15, 0.2) is 0 Å². The van der Waals surface area contributed by atoms with Crippen LogP contribution in [-0.4, -0.2) is 21.6 Å². The predicted molar refractivity (Wildman–Crippen MR) is 70.1 cm³/mol. The molecule has 0 radical (unpaired) electrons. The van der Waals surface area contributed by atoms with E-state index in [1.807, 2.05) is 22.9 Å². The Morgan fingerprint density at radius 2 is 2.22 bits per heavy atom. The van der Waals surface area contributed by atoms with Crippen LogP contribution in [0.4, 0.5) is 0 Å². The number of nitrogens with one attached hydrogen (secondary N) is 1. The first-order chi connectivity index (χ1) is 8.66. The third-order valence-electron chi connectivity index (χ3n) is 3.58. The largest absolute Gasteiger partial charge is 0.387 e. The third-order valence-corrected chi connectivity index (χ3v) is 3.58. The zero-order valence-electron chi connectivity index (χ0n) is 10.9. The predicted octanol–water partition coefficient (Wildman–Crippen LogP) is 1.99. The summed E-state index contributed by atoms with van der Waals surface area (Å²) in [5.74, 6) is 0.0417. The van der Waals surface area contributed by atoms with Crippen LogP contribution in [0.2, 0.25) is 0 Å². The SMILES string of the molecule is CC(O)c1cccn1CC(=O)NC1CCCCC1. The summed E-state index contributed by atoms with van der Waals surface area (Å²) in [5, 5.41) is 12.7. The molecule has 2 N–H and O–H groups in total. The summed E-state index contributed by atoms with van der Waals surface area (Å²) < 4.78 is 1.81. The van der Waals surface area contributed by atoms with Crippen LogP contribution in [-0.2, 0) is 11.3 Å². The van der Waals surface area contributed by atoms with Crippen LogP contribution in [0.5, 0.6) is 0 Å². The minimum Gasteiger partial charge on any atom is -0.387 e. The smallest absolute Gasteiger partial charge is 0.240 e. The fourth-order valence-corrected chi connectivity index (χ4v) is 2.63. The number of aliphatic hydroxyl groups excluding tert-OH is 1. The van der Waals surface area contributed by atoms with Gasteiger partial charge in [0.2, 0.25) is 5.91 Å². The fourth-order valence-electron chi connectivity index (χ4n) is 2.63. The number of carbonyl (C=O) groups excluding carboxylic acids is 1. The van der Waals surface area contributed by atoms with Crippen LogP contribution in [0.25, 0.3) is 0 Å². The molecular formula is C14H22N2O2. The van der Waals surface area contributed by atoms with Crippen molar-refractivity contribution >= 4 is 5.91 Å². The molecule has 0 aliphatic heterocycles. The maximum absolute atomic E-state index is 11.9. The van der Waals surface area contributed by atoms with Gasteiger partial charge in [-0.3, -0.25) is 4.79 Å². The molecule has 0 bridgehead atoms. The molecule has 1 amide bonds. The van der Waals surface area contributed by atoms with E-state index in [4.69, 9.17) is 0 Å². The lowest BCUT2D eigenvalue weighted by molar-refractivity contribution is -0.122. The molecule has 1 aromatic rings. The van der Waals surface area contributed by atoms with Gasteiger partial charge >= 0.3 is 0 Å². The van der Waals surface area contributed by atoms with Crippen molar-refractivity contribution in [2.24, 2.45) is 0 Å². The van der Waals surface area contributed by atoms with Crippen molar-refractivity contribution in [3.05, 3.63) is 24.0 Å². The maximum atomic E-state index is 11.9. The van der Waals surface area contributed by atoms with Crippen LogP contribution < -0.4 is 5.32 Å². The first-order valence-corrected chi connectivity index (χ1v) is 6.79. The molecule has 1 fully saturated rings. The Kier molecular flexibility index (Phi) is 4.42. The number of rotatable bonds is 4. The van der Waals surface area contributed by atoms with E-state index in [9.17, 15) is 9.90 Å². The lowest BCUT2D eigenvalue weighted by Gasteiger charge is -2.23. The van der Waals surface area contributed by atoms with Crippen molar-refractivity contribution in [3.8, 4) is 0 Å². The topological polar surface area (TPSA) is 54.3 Å². The molecule has 1 saturated carbocycles. The highest BCUT2D eigenvalue weighted by Crippen LogP contribution is 2.17. The van der Waals surface area contributed by atoms with E-state index in [0.29, 0.717) is 12.6 Å². The molecular weight excluding hydrogens is 228 g/mol. The summed E-state index contributed by atoms with van der Waals surface area (Å²) in [6.07, 6.45) is 7.21. The highest BCUT2D eigenvalue weighted by atomic mass is 16.3. The molecule has 1 aliphatic rings. The molecule has 1 unspecified atom stereocenters. The van der Waals surface area contributed by atoms with Crippen LogP contribution in [0.3, 0.4) is 0 Å². The molecule has 100 valence electrons. The monoisotopic (exact) mass is 250 g/mol. The Balaban J connectivity index is 1.88. The van der Waals surface area contributed by atoms with Crippen molar-refractivity contribution < 1.29 is 9.90 Å². The summed E-state index contributed by atoms with van der Waals surface area (Å²) >= 11 is 0. The van der Waals surface area contributed by atoms with Crippen molar-refractivity contribution in [2.45, 2.75) is 57.7 Å². The van der Waals surface area contributed by atoms with Crippen LogP contribution in [0.15, 0.2) is 18.3 Å². The lowest BCUT2D eigenvalue weighted by Crippen LogP contribution is -2.38. The van der Waals surface area contributed by atoms with Gasteiger partial charge in [-0.15, -0.1) is 0 Å². The molecule has 2 rings (SSSR count). The second-order valence-electron chi connectivity index (χ2n) is 5.14. The van der Waals surface area contributed by atoms with E-state index >= 15 is 0 Å². The highest BCUT2D eigenvalue weighted by molar-refractivity contribution is 5.76. The number of carbonyl (C=O) groups is 1. The number of aliphatic hydroxyl groups is 1. The summed E-state index contributed by atoms with van der Waals surface area (Å²) in [5.41, 5.74) is 0.786. The first kappa shape index (κ1) is 13.1. The summed E-state index contributed by atoms with van der Waals surface area (Å²) in [4.78, 5) is 11.9. The minimum atomic E-state index is -0.539. The Hall–Kier alpha value is -1.29. The highest BCUT2D eigenvalue weighted by Gasteiger charge is 2.16. The normalized spacial score (nSPS) is 18.6. The molecule has 1 aliphatic carbocycles. The Bertz CT molecular complexity index is 392. The zero-order valence-corrected chi connectivity index (χ0v) is 10.9. The molecule has 0 saturated heterocycles. The van der Waals surface area contributed by atoms with Crippen molar-refractivity contribution in [1.29, 1.82) is 0 Å². The van der Waals surface area contributed by atoms with Crippen molar-refractivity contribution in [2.75, 3.05) is 0 Å². The molecule has 4 nitrogen and oxygen atoms in total. The quantitative estimate of drug-likeness (QED) is 0.858. The van der Waals surface area contributed by atoms with Crippen LogP contribution in [0, 0.1) is 0 Å². The summed E-state index contributed by atoms with van der Waals surface area (Å²) in [6, 6.07) is 4.05. The molecule has 1 aromatic heterocycles. The average Bonchev–Trinajstić information content (AvgIpc) is 2.78. The molecule has 1 heterocycles. The van der Waals surface area contributed by atoms with E-state index in [1.165, 1.54) is 19.3 Å². The number of amides is 1. The molecule has 18 heavy (non-hydrogen) atoms. The van der Waals surface area contributed by atoms with E-state index < -0.39 is 6.10 Å².